The van der Waals surface area contributed by atoms with Crippen LogP contribution >= 0.6 is 11.3 Å². The first-order chi connectivity index (χ1) is 18.8. The number of rotatable bonds is 6. The number of allylic oxidation sites excluding steroid dienone is 1. The summed E-state index contributed by atoms with van der Waals surface area (Å²) in [7, 11) is 1.53. The van der Waals surface area contributed by atoms with E-state index in [4.69, 9.17) is 4.74 Å². The Morgan fingerprint density at radius 1 is 1.15 bits per heavy atom. The third-order valence-corrected chi connectivity index (χ3v) is 7.20. The van der Waals surface area contributed by atoms with Gasteiger partial charge in [0, 0.05) is 23.4 Å². The molecule has 0 unspecified atom stereocenters. The van der Waals surface area contributed by atoms with Crippen molar-refractivity contribution in [2.24, 2.45) is 4.99 Å². The Hall–Kier alpha value is -5.03. The maximum atomic E-state index is 13.8. The quantitative estimate of drug-likeness (QED) is 0.283. The maximum Gasteiger partial charge on any atom is 0.271 e. The lowest BCUT2D eigenvalue weighted by Gasteiger charge is -2.25. The second kappa shape index (κ2) is 10.4. The minimum absolute atomic E-state index is 0.116. The van der Waals surface area contributed by atoms with E-state index in [1.807, 2.05) is 6.07 Å². The lowest BCUT2D eigenvalue weighted by Crippen LogP contribution is -2.40. The van der Waals surface area contributed by atoms with Gasteiger partial charge in [-0.05, 0) is 48.9 Å². The number of phenols is 1. The molecule has 0 saturated heterocycles. The predicted molar refractivity (Wildman–Crippen MR) is 147 cm³/mol. The number of aromatic hydroxyl groups is 1. The molecule has 1 aromatic heterocycles. The second-order valence-corrected chi connectivity index (χ2v) is 9.69. The summed E-state index contributed by atoms with van der Waals surface area (Å²) in [6.45, 7) is 1.70. The number of hydrogen-bond acceptors (Lipinski definition) is 8. The van der Waals surface area contributed by atoms with E-state index in [9.17, 15) is 24.8 Å². The van der Waals surface area contributed by atoms with Crippen LogP contribution in [0.2, 0.25) is 0 Å². The highest BCUT2D eigenvalue weighted by molar-refractivity contribution is 7.07. The molecule has 5 rings (SSSR count). The number of aromatic nitrogens is 1. The van der Waals surface area contributed by atoms with Crippen molar-refractivity contribution in [1.29, 1.82) is 0 Å². The van der Waals surface area contributed by atoms with Gasteiger partial charge < -0.3 is 15.2 Å². The topological polar surface area (TPSA) is 136 Å². The highest BCUT2D eigenvalue weighted by atomic mass is 32.1. The molecule has 0 aliphatic carbocycles. The van der Waals surface area contributed by atoms with Crippen molar-refractivity contribution in [2.45, 2.75) is 13.0 Å². The molecule has 0 fully saturated rings. The van der Waals surface area contributed by atoms with Crippen molar-refractivity contribution >= 4 is 34.7 Å². The molecule has 0 spiro atoms. The lowest BCUT2D eigenvalue weighted by atomic mass is 9.95. The number of thiazole rings is 1. The molecule has 0 bridgehead atoms. The molecule has 0 radical (unpaired) electrons. The smallest absolute Gasteiger partial charge is 0.271 e. The number of non-ortho nitro benzene ring substituents is 1. The molecule has 4 aromatic rings. The molecule has 196 valence electrons. The van der Waals surface area contributed by atoms with Crippen molar-refractivity contribution in [1.82, 2.24) is 4.57 Å². The summed E-state index contributed by atoms with van der Waals surface area (Å²) in [5, 5.41) is 24.4. The molecule has 11 heteroatoms. The average molecular weight is 543 g/mol. The number of nitrogens with one attached hydrogen (secondary N) is 1. The largest absolute Gasteiger partial charge is 0.507 e. The van der Waals surface area contributed by atoms with Crippen LogP contribution in [0.25, 0.3) is 6.08 Å². The van der Waals surface area contributed by atoms with Gasteiger partial charge in [-0.1, -0.05) is 41.7 Å². The molecular weight excluding hydrogens is 520 g/mol. The van der Waals surface area contributed by atoms with Crippen LogP contribution in [0.4, 0.5) is 11.4 Å². The number of para-hydroxylation sites is 1. The number of amides is 1. The number of hydrogen-bond donors (Lipinski definition) is 2. The number of methoxy groups -OCH3 is 1. The van der Waals surface area contributed by atoms with Crippen LogP contribution < -0.4 is 24.9 Å². The first-order valence-corrected chi connectivity index (χ1v) is 12.6. The average Bonchev–Trinajstić information content (AvgIpc) is 3.23. The second-order valence-electron chi connectivity index (χ2n) is 8.68. The molecule has 2 N–H and O–H groups in total. The Labute approximate surface area is 225 Å². The van der Waals surface area contributed by atoms with E-state index in [1.165, 1.54) is 36.0 Å². The zero-order chi connectivity index (χ0) is 27.7. The summed E-state index contributed by atoms with van der Waals surface area (Å²) in [6.07, 6.45) is 1.39. The minimum atomic E-state index is -0.832. The molecule has 10 nitrogen and oxygen atoms in total. The highest BCUT2D eigenvalue weighted by Gasteiger charge is 2.32. The van der Waals surface area contributed by atoms with Crippen LogP contribution in [0, 0.1) is 10.1 Å². The van der Waals surface area contributed by atoms with Gasteiger partial charge in [-0.3, -0.25) is 24.3 Å². The van der Waals surface area contributed by atoms with Gasteiger partial charge in [-0.25, -0.2) is 4.99 Å². The molecule has 1 aliphatic heterocycles. The number of carbonyl (C=O) groups is 1. The van der Waals surface area contributed by atoms with E-state index >= 15 is 0 Å². The number of phenolic OH excluding ortho intramolecular Hbond substituents is 1. The van der Waals surface area contributed by atoms with Gasteiger partial charge >= 0.3 is 0 Å². The number of nitro benzene ring substituents is 1. The standard InChI is InChI=1S/C28H22N4O6S/c1-16-24(26(34)30-19-8-4-3-5-9-19)25(17-7-6-10-21(14-17)38-2)31-27(35)23(39-28(31)29-16)15-18-13-20(32(36)37)11-12-22(18)33/h3-15,25,33H,1-2H3,(H,30,34)/b23-15-/t25-/m0/s1. The lowest BCUT2D eigenvalue weighted by molar-refractivity contribution is -0.384. The number of anilines is 1. The van der Waals surface area contributed by atoms with Crippen molar-refractivity contribution in [3.05, 3.63) is 125 Å². The van der Waals surface area contributed by atoms with E-state index in [2.05, 4.69) is 10.3 Å². The third kappa shape index (κ3) is 4.94. The Bertz CT molecular complexity index is 1820. The van der Waals surface area contributed by atoms with E-state index in [0.717, 1.165) is 11.3 Å². The van der Waals surface area contributed by atoms with Crippen LogP contribution in [-0.4, -0.2) is 27.6 Å². The van der Waals surface area contributed by atoms with Gasteiger partial charge in [0.2, 0.25) is 0 Å². The van der Waals surface area contributed by atoms with Crippen LogP contribution in [-0.2, 0) is 4.79 Å². The molecule has 0 saturated carbocycles. The minimum Gasteiger partial charge on any atom is -0.507 e. The third-order valence-electron chi connectivity index (χ3n) is 6.22. The number of ether oxygens (including phenoxy) is 1. The molecule has 1 atom stereocenters. The van der Waals surface area contributed by atoms with E-state index in [0.29, 0.717) is 27.5 Å². The zero-order valence-electron chi connectivity index (χ0n) is 20.8. The number of benzene rings is 3. The number of fused-ring (bicyclic) bond motifs is 1. The van der Waals surface area contributed by atoms with Crippen molar-refractivity contribution in [2.75, 3.05) is 12.4 Å². The van der Waals surface area contributed by atoms with Crippen molar-refractivity contribution < 1.29 is 19.6 Å². The van der Waals surface area contributed by atoms with Crippen LogP contribution in [0.5, 0.6) is 11.5 Å². The van der Waals surface area contributed by atoms with Crippen molar-refractivity contribution in [3.8, 4) is 11.5 Å². The summed E-state index contributed by atoms with van der Waals surface area (Å²) >= 11 is 1.06. The summed E-state index contributed by atoms with van der Waals surface area (Å²) < 4.78 is 7.01. The van der Waals surface area contributed by atoms with Gasteiger partial charge in [0.05, 0.1) is 33.9 Å². The fourth-order valence-corrected chi connectivity index (χ4v) is 5.41. The zero-order valence-corrected chi connectivity index (χ0v) is 21.6. The summed E-state index contributed by atoms with van der Waals surface area (Å²) in [4.78, 5) is 43.0. The van der Waals surface area contributed by atoms with E-state index in [1.54, 1.807) is 55.5 Å². The Morgan fingerprint density at radius 2 is 1.92 bits per heavy atom. The first kappa shape index (κ1) is 25.6. The van der Waals surface area contributed by atoms with Gasteiger partial charge in [0.15, 0.2) is 4.80 Å². The predicted octanol–water partition coefficient (Wildman–Crippen LogP) is 3.50. The van der Waals surface area contributed by atoms with Gasteiger partial charge in [-0.2, -0.15) is 0 Å². The van der Waals surface area contributed by atoms with Crippen LogP contribution in [0.15, 0.2) is 93.9 Å². The highest BCUT2D eigenvalue weighted by Crippen LogP contribution is 2.32. The molecule has 3 aromatic carbocycles. The van der Waals surface area contributed by atoms with Crippen LogP contribution in [0.3, 0.4) is 0 Å². The fraction of sp³-hybridized carbons (Fsp3) is 0.107. The molecule has 1 amide bonds. The Balaban J connectivity index is 1.70. The van der Waals surface area contributed by atoms with Gasteiger partial charge in [0.25, 0.3) is 17.2 Å². The van der Waals surface area contributed by atoms with Gasteiger partial charge in [0.1, 0.15) is 11.5 Å². The number of nitro groups is 1. The monoisotopic (exact) mass is 542 g/mol. The van der Waals surface area contributed by atoms with Crippen LogP contribution in [0.1, 0.15) is 24.1 Å². The fourth-order valence-electron chi connectivity index (χ4n) is 4.37. The SMILES string of the molecule is COc1cccc([C@H]2C(C(=O)Nc3ccccc3)=C(C)N=c3s/c(=C\c4cc([N+](=O)[O-])ccc4O)c(=O)n32)c1. The Kier molecular flexibility index (Phi) is 6.82. The first-order valence-electron chi connectivity index (χ1n) is 11.8. The molecule has 1 aliphatic rings. The maximum absolute atomic E-state index is 13.8. The number of carbonyl (C=O) groups excluding carboxylic acids is 1. The molecular formula is C28H22N4O6S. The van der Waals surface area contributed by atoms with Gasteiger partial charge in [-0.15, -0.1) is 0 Å². The van der Waals surface area contributed by atoms with Crippen molar-refractivity contribution in [3.63, 3.8) is 0 Å². The molecule has 39 heavy (non-hydrogen) atoms. The number of nitrogens with zero attached hydrogens (tertiary/aromatic N) is 3. The normalized spacial score (nSPS) is 14.9. The van der Waals surface area contributed by atoms with E-state index < -0.39 is 22.4 Å². The summed E-state index contributed by atoms with van der Waals surface area (Å²) in [6, 6.07) is 18.8. The van der Waals surface area contributed by atoms with E-state index in [-0.39, 0.29) is 27.1 Å². The summed E-state index contributed by atoms with van der Waals surface area (Å²) in [5.74, 6) is -0.0793. The molecule has 2 heterocycles. The Morgan fingerprint density at radius 3 is 2.64 bits per heavy atom. The summed E-state index contributed by atoms with van der Waals surface area (Å²) in [5.41, 5.74) is 1.36.